The molecule has 1 aliphatic heterocycles. The highest BCUT2D eigenvalue weighted by Crippen LogP contribution is 2.34. The van der Waals surface area contributed by atoms with Crippen molar-refractivity contribution in [3.63, 3.8) is 0 Å². The molecule has 1 aromatic carbocycles. The van der Waals surface area contributed by atoms with Gasteiger partial charge in [-0.25, -0.2) is 9.37 Å². The number of rotatable bonds is 5. The SMILES string of the molecule is O=C(CC1CCCC1)N1CCCCC1c1ncc(Cc2ccccc2F)o1. The number of carbonyl (C=O) groups is 1. The van der Waals surface area contributed by atoms with Crippen molar-refractivity contribution >= 4 is 5.91 Å². The van der Waals surface area contributed by atoms with Crippen LogP contribution in [0.3, 0.4) is 0 Å². The molecule has 1 saturated heterocycles. The largest absolute Gasteiger partial charge is 0.443 e. The van der Waals surface area contributed by atoms with Crippen LogP contribution in [0.5, 0.6) is 0 Å². The molecule has 0 bridgehead atoms. The molecule has 4 nitrogen and oxygen atoms in total. The van der Waals surface area contributed by atoms with Crippen molar-refractivity contribution in [1.82, 2.24) is 9.88 Å². The van der Waals surface area contributed by atoms with Crippen LogP contribution < -0.4 is 0 Å². The lowest BCUT2D eigenvalue weighted by atomic mass is 9.98. The number of carbonyl (C=O) groups excluding carboxylic acids is 1. The van der Waals surface area contributed by atoms with Crippen molar-refractivity contribution < 1.29 is 13.6 Å². The number of aromatic nitrogens is 1. The van der Waals surface area contributed by atoms with E-state index in [2.05, 4.69) is 4.98 Å². The summed E-state index contributed by atoms with van der Waals surface area (Å²) in [4.78, 5) is 19.3. The van der Waals surface area contributed by atoms with Crippen LogP contribution in [-0.4, -0.2) is 22.3 Å². The Balaban J connectivity index is 1.46. The Morgan fingerprint density at radius 1 is 1.15 bits per heavy atom. The summed E-state index contributed by atoms with van der Waals surface area (Å²) in [6.45, 7) is 0.779. The Labute approximate surface area is 159 Å². The maximum absolute atomic E-state index is 13.9. The predicted molar refractivity (Wildman–Crippen MR) is 101 cm³/mol. The van der Waals surface area contributed by atoms with Gasteiger partial charge >= 0.3 is 0 Å². The Morgan fingerprint density at radius 2 is 1.93 bits per heavy atom. The summed E-state index contributed by atoms with van der Waals surface area (Å²) < 4.78 is 19.8. The first-order valence-corrected chi connectivity index (χ1v) is 10.2. The van der Waals surface area contributed by atoms with Gasteiger partial charge in [0.15, 0.2) is 0 Å². The van der Waals surface area contributed by atoms with Gasteiger partial charge < -0.3 is 9.32 Å². The molecule has 1 saturated carbocycles. The van der Waals surface area contributed by atoms with Crippen LogP contribution in [-0.2, 0) is 11.2 Å². The number of hydrogen-bond acceptors (Lipinski definition) is 3. The molecule has 2 aliphatic rings. The van der Waals surface area contributed by atoms with Crippen molar-refractivity contribution in [2.45, 2.75) is 63.8 Å². The Hall–Kier alpha value is -2.17. The molecule has 0 radical (unpaired) electrons. The van der Waals surface area contributed by atoms with Crippen molar-refractivity contribution in [2.24, 2.45) is 5.92 Å². The highest BCUT2D eigenvalue weighted by Gasteiger charge is 2.32. The monoisotopic (exact) mass is 370 g/mol. The average molecular weight is 370 g/mol. The maximum atomic E-state index is 13.9. The molecule has 1 atom stereocenters. The number of likely N-dealkylation sites (tertiary alicyclic amines) is 1. The van der Waals surface area contributed by atoms with E-state index in [4.69, 9.17) is 4.42 Å². The summed E-state index contributed by atoms with van der Waals surface area (Å²) in [5.41, 5.74) is 0.595. The lowest BCUT2D eigenvalue weighted by molar-refractivity contribution is -0.136. The van der Waals surface area contributed by atoms with Crippen LogP contribution in [0.4, 0.5) is 4.39 Å². The fraction of sp³-hybridized carbons (Fsp3) is 0.545. The lowest BCUT2D eigenvalue weighted by Gasteiger charge is -2.34. The van der Waals surface area contributed by atoms with E-state index in [1.54, 1.807) is 18.3 Å². The lowest BCUT2D eigenvalue weighted by Crippen LogP contribution is -2.39. The van der Waals surface area contributed by atoms with Crippen molar-refractivity contribution in [2.75, 3.05) is 6.54 Å². The van der Waals surface area contributed by atoms with Crippen molar-refractivity contribution in [1.29, 1.82) is 0 Å². The molecule has 1 aromatic heterocycles. The second-order valence-corrected chi connectivity index (χ2v) is 7.89. The molecule has 5 heteroatoms. The zero-order valence-corrected chi connectivity index (χ0v) is 15.7. The van der Waals surface area contributed by atoms with Crippen LogP contribution >= 0.6 is 0 Å². The molecule has 1 amide bonds. The normalized spacial score (nSPS) is 20.9. The quantitative estimate of drug-likeness (QED) is 0.741. The molecular weight excluding hydrogens is 343 g/mol. The molecule has 27 heavy (non-hydrogen) atoms. The fourth-order valence-electron chi connectivity index (χ4n) is 4.45. The Morgan fingerprint density at radius 3 is 2.74 bits per heavy atom. The van der Waals surface area contributed by atoms with Gasteiger partial charge in [0.2, 0.25) is 11.8 Å². The van der Waals surface area contributed by atoms with Gasteiger partial charge in [-0.3, -0.25) is 4.79 Å². The summed E-state index contributed by atoms with van der Waals surface area (Å²) in [5.74, 6) is 1.79. The number of nitrogens with zero attached hydrogens (tertiary/aromatic N) is 2. The average Bonchev–Trinajstić information content (AvgIpc) is 3.36. The van der Waals surface area contributed by atoms with E-state index in [0.717, 1.165) is 25.8 Å². The van der Waals surface area contributed by atoms with E-state index >= 15 is 0 Å². The molecule has 0 N–H and O–H groups in total. The number of halogens is 1. The van der Waals surface area contributed by atoms with Crippen LogP contribution in [0.2, 0.25) is 0 Å². The van der Waals surface area contributed by atoms with Crippen molar-refractivity contribution in [3.05, 3.63) is 53.5 Å². The van der Waals surface area contributed by atoms with E-state index < -0.39 is 0 Å². The standard InChI is InChI=1S/C22H27FN2O2/c23-19-10-4-3-9-17(19)14-18-15-24-22(27-18)20-11-5-6-12-25(20)21(26)13-16-7-1-2-8-16/h3-4,9-10,15-16,20H,1-2,5-8,11-14H2. The molecule has 0 spiro atoms. The van der Waals surface area contributed by atoms with E-state index in [1.807, 2.05) is 11.0 Å². The molecular formula is C22H27FN2O2. The molecule has 2 aromatic rings. The van der Waals surface area contributed by atoms with Crippen molar-refractivity contribution in [3.8, 4) is 0 Å². The zero-order chi connectivity index (χ0) is 18.6. The number of benzene rings is 1. The molecule has 1 aliphatic carbocycles. The molecule has 2 fully saturated rings. The Kier molecular flexibility index (Phi) is 5.55. The third-order valence-corrected chi connectivity index (χ3v) is 5.94. The first-order chi connectivity index (χ1) is 13.2. The van der Waals surface area contributed by atoms with Gasteiger partial charge in [0.25, 0.3) is 0 Å². The topological polar surface area (TPSA) is 46.3 Å². The second kappa shape index (κ2) is 8.24. The second-order valence-electron chi connectivity index (χ2n) is 7.89. The molecule has 1 unspecified atom stereocenters. The minimum atomic E-state index is -0.235. The molecule has 144 valence electrons. The summed E-state index contributed by atoms with van der Waals surface area (Å²) in [5, 5.41) is 0. The van der Waals surface area contributed by atoms with Crippen LogP contribution in [0, 0.1) is 11.7 Å². The number of piperidine rings is 1. The van der Waals surface area contributed by atoms with Gasteiger partial charge in [-0.15, -0.1) is 0 Å². The summed E-state index contributed by atoms with van der Waals surface area (Å²) in [6, 6.07) is 6.63. The third-order valence-electron chi connectivity index (χ3n) is 5.94. The highest BCUT2D eigenvalue weighted by molar-refractivity contribution is 5.77. The first-order valence-electron chi connectivity index (χ1n) is 10.2. The maximum Gasteiger partial charge on any atom is 0.223 e. The van der Waals surface area contributed by atoms with Crippen LogP contribution in [0.1, 0.15) is 74.6 Å². The summed E-state index contributed by atoms with van der Waals surface area (Å²) in [7, 11) is 0. The van der Waals surface area contributed by atoms with E-state index in [0.29, 0.717) is 36.0 Å². The van der Waals surface area contributed by atoms with Gasteiger partial charge in [-0.1, -0.05) is 31.0 Å². The van der Waals surface area contributed by atoms with Gasteiger partial charge in [0.1, 0.15) is 17.6 Å². The minimum Gasteiger partial charge on any atom is -0.443 e. The van der Waals surface area contributed by atoms with Gasteiger partial charge in [-0.2, -0.15) is 0 Å². The minimum absolute atomic E-state index is 0.0815. The molecule has 4 rings (SSSR count). The van der Waals surface area contributed by atoms with E-state index in [9.17, 15) is 9.18 Å². The molecule has 2 heterocycles. The van der Waals surface area contributed by atoms with E-state index in [-0.39, 0.29) is 17.8 Å². The smallest absolute Gasteiger partial charge is 0.223 e. The fourth-order valence-corrected chi connectivity index (χ4v) is 4.45. The highest BCUT2D eigenvalue weighted by atomic mass is 19.1. The van der Waals surface area contributed by atoms with Crippen LogP contribution in [0.15, 0.2) is 34.9 Å². The Bertz CT molecular complexity index is 782. The number of hydrogen-bond donors (Lipinski definition) is 0. The number of oxazole rings is 1. The summed E-state index contributed by atoms with van der Waals surface area (Å²) >= 11 is 0. The van der Waals surface area contributed by atoms with Gasteiger partial charge in [0, 0.05) is 19.4 Å². The van der Waals surface area contributed by atoms with Gasteiger partial charge in [-0.05, 0) is 49.7 Å². The predicted octanol–water partition coefficient (Wildman–Crippen LogP) is 5.04. The van der Waals surface area contributed by atoms with Crippen LogP contribution in [0.25, 0.3) is 0 Å². The van der Waals surface area contributed by atoms with Gasteiger partial charge in [0.05, 0.1) is 6.20 Å². The first kappa shape index (κ1) is 18.2. The zero-order valence-electron chi connectivity index (χ0n) is 15.7. The van der Waals surface area contributed by atoms with E-state index in [1.165, 1.54) is 31.7 Å². The number of amides is 1. The third kappa shape index (κ3) is 4.23. The summed E-state index contributed by atoms with van der Waals surface area (Å²) in [6.07, 6.45) is 10.6.